The zero-order valence-corrected chi connectivity index (χ0v) is 8.70. The van der Waals surface area contributed by atoms with E-state index in [-0.39, 0.29) is 6.42 Å². The zero-order chi connectivity index (χ0) is 11.0. The number of fused-ring (bicyclic) bond motifs is 1. The minimum absolute atomic E-state index is 0.0627. The minimum Gasteiger partial charge on any atom is -0.481 e. The van der Waals surface area contributed by atoms with Crippen LogP contribution in [0.4, 0.5) is 0 Å². The number of carboxylic acid groups (broad SMARTS) is 1. The van der Waals surface area contributed by atoms with Gasteiger partial charge in [-0.1, -0.05) is 0 Å². The van der Waals surface area contributed by atoms with Crippen molar-refractivity contribution in [3.63, 3.8) is 0 Å². The summed E-state index contributed by atoms with van der Waals surface area (Å²) < 4.78 is 5.43. The van der Waals surface area contributed by atoms with Crippen LogP contribution in [-0.2, 0) is 11.2 Å². The molecule has 0 atom stereocenters. The maximum Gasteiger partial charge on any atom is 0.311 e. The van der Waals surface area contributed by atoms with Crippen LogP contribution in [0, 0.1) is 13.8 Å². The Morgan fingerprint density at radius 2 is 1.93 bits per heavy atom. The standard InChI is InChI=1S/C12H12O3/c1-7-3-9-5-10(6-12(13)14)15-11(9)4-8(7)2/h3-5H,6H2,1-2H3,(H,13,14). The summed E-state index contributed by atoms with van der Waals surface area (Å²) in [6.45, 7) is 4.03. The third kappa shape index (κ3) is 1.86. The Bertz CT molecular complexity index is 484. The van der Waals surface area contributed by atoms with E-state index in [0.717, 1.165) is 16.5 Å². The van der Waals surface area contributed by atoms with Crippen LogP contribution < -0.4 is 0 Å². The number of carbonyl (C=O) groups is 1. The normalized spacial score (nSPS) is 10.8. The van der Waals surface area contributed by atoms with Gasteiger partial charge in [0.15, 0.2) is 0 Å². The lowest BCUT2D eigenvalue weighted by Crippen LogP contribution is -1.97. The zero-order valence-electron chi connectivity index (χ0n) is 8.70. The molecular formula is C12H12O3. The van der Waals surface area contributed by atoms with Crippen molar-refractivity contribution >= 4 is 16.9 Å². The first-order valence-electron chi connectivity index (χ1n) is 4.78. The Kier molecular flexibility index (Phi) is 2.23. The number of aryl methyl sites for hydroxylation is 2. The van der Waals surface area contributed by atoms with Gasteiger partial charge >= 0.3 is 5.97 Å². The SMILES string of the molecule is Cc1cc2cc(CC(=O)O)oc2cc1C. The van der Waals surface area contributed by atoms with Gasteiger partial charge in [0, 0.05) is 5.39 Å². The van der Waals surface area contributed by atoms with Gasteiger partial charge in [0.1, 0.15) is 17.8 Å². The highest BCUT2D eigenvalue weighted by atomic mass is 16.4. The molecule has 1 aromatic heterocycles. The van der Waals surface area contributed by atoms with Gasteiger partial charge < -0.3 is 9.52 Å². The van der Waals surface area contributed by atoms with Crippen molar-refractivity contribution in [1.29, 1.82) is 0 Å². The average molecular weight is 204 g/mol. The topological polar surface area (TPSA) is 50.4 Å². The van der Waals surface area contributed by atoms with Crippen molar-refractivity contribution in [3.05, 3.63) is 35.1 Å². The molecule has 3 heteroatoms. The van der Waals surface area contributed by atoms with E-state index < -0.39 is 5.97 Å². The average Bonchev–Trinajstić information content (AvgIpc) is 2.46. The van der Waals surface area contributed by atoms with Crippen LogP contribution in [0.15, 0.2) is 22.6 Å². The Morgan fingerprint density at radius 3 is 2.60 bits per heavy atom. The van der Waals surface area contributed by atoms with Crippen LogP contribution in [0.5, 0.6) is 0 Å². The molecule has 0 fully saturated rings. The molecule has 0 aliphatic rings. The molecule has 1 aromatic carbocycles. The molecule has 0 aliphatic carbocycles. The van der Waals surface area contributed by atoms with Crippen molar-refractivity contribution in [2.75, 3.05) is 0 Å². The van der Waals surface area contributed by atoms with Crippen LogP contribution >= 0.6 is 0 Å². The van der Waals surface area contributed by atoms with Crippen molar-refractivity contribution in [2.45, 2.75) is 20.3 Å². The second kappa shape index (κ2) is 3.42. The van der Waals surface area contributed by atoms with Crippen molar-refractivity contribution in [3.8, 4) is 0 Å². The quantitative estimate of drug-likeness (QED) is 0.818. The lowest BCUT2D eigenvalue weighted by Gasteiger charge is -1.97. The van der Waals surface area contributed by atoms with Crippen LogP contribution in [0.25, 0.3) is 11.0 Å². The van der Waals surface area contributed by atoms with Gasteiger partial charge in [-0.25, -0.2) is 0 Å². The van der Waals surface area contributed by atoms with E-state index in [9.17, 15) is 4.79 Å². The molecule has 2 rings (SSSR count). The first-order valence-corrected chi connectivity index (χ1v) is 4.78. The van der Waals surface area contributed by atoms with Crippen molar-refractivity contribution in [2.24, 2.45) is 0 Å². The fourth-order valence-electron chi connectivity index (χ4n) is 1.59. The van der Waals surface area contributed by atoms with E-state index in [1.807, 2.05) is 26.0 Å². The molecule has 0 saturated heterocycles. The molecule has 0 saturated carbocycles. The molecule has 0 aliphatic heterocycles. The molecule has 3 nitrogen and oxygen atoms in total. The Morgan fingerprint density at radius 1 is 1.27 bits per heavy atom. The van der Waals surface area contributed by atoms with E-state index in [1.54, 1.807) is 6.07 Å². The highest BCUT2D eigenvalue weighted by Gasteiger charge is 2.08. The molecule has 2 aromatic rings. The van der Waals surface area contributed by atoms with Crippen LogP contribution in [0.1, 0.15) is 16.9 Å². The molecular weight excluding hydrogens is 192 g/mol. The van der Waals surface area contributed by atoms with E-state index in [0.29, 0.717) is 5.76 Å². The van der Waals surface area contributed by atoms with E-state index in [4.69, 9.17) is 9.52 Å². The second-order valence-electron chi connectivity index (χ2n) is 3.76. The number of hydrogen-bond donors (Lipinski definition) is 1. The fraction of sp³-hybridized carbons (Fsp3) is 0.250. The van der Waals surface area contributed by atoms with Gasteiger partial charge in [-0.3, -0.25) is 4.79 Å². The maximum atomic E-state index is 10.5. The monoisotopic (exact) mass is 204 g/mol. The van der Waals surface area contributed by atoms with Crippen LogP contribution in [0.3, 0.4) is 0 Å². The number of furan rings is 1. The Labute approximate surface area is 87.3 Å². The van der Waals surface area contributed by atoms with Gasteiger partial charge in [0.25, 0.3) is 0 Å². The summed E-state index contributed by atoms with van der Waals surface area (Å²) >= 11 is 0. The van der Waals surface area contributed by atoms with Gasteiger partial charge in [-0.15, -0.1) is 0 Å². The molecule has 1 heterocycles. The molecule has 15 heavy (non-hydrogen) atoms. The third-order valence-corrected chi connectivity index (χ3v) is 2.51. The molecule has 0 unspecified atom stereocenters. The van der Waals surface area contributed by atoms with Gasteiger partial charge in [0.2, 0.25) is 0 Å². The van der Waals surface area contributed by atoms with E-state index >= 15 is 0 Å². The van der Waals surface area contributed by atoms with Crippen LogP contribution in [0.2, 0.25) is 0 Å². The first kappa shape index (κ1) is 9.77. The lowest BCUT2D eigenvalue weighted by molar-refractivity contribution is -0.136. The summed E-state index contributed by atoms with van der Waals surface area (Å²) in [5, 5.41) is 9.61. The van der Waals surface area contributed by atoms with Crippen molar-refractivity contribution < 1.29 is 14.3 Å². The Hall–Kier alpha value is -1.77. The number of benzene rings is 1. The predicted molar refractivity (Wildman–Crippen MR) is 57.0 cm³/mol. The smallest absolute Gasteiger partial charge is 0.311 e. The molecule has 1 N–H and O–H groups in total. The highest BCUT2D eigenvalue weighted by molar-refractivity contribution is 5.81. The minimum atomic E-state index is -0.873. The summed E-state index contributed by atoms with van der Waals surface area (Å²) in [6.07, 6.45) is -0.0627. The molecule has 78 valence electrons. The van der Waals surface area contributed by atoms with Gasteiger partial charge in [-0.2, -0.15) is 0 Å². The predicted octanol–water partition coefficient (Wildman–Crippen LogP) is 2.68. The molecule has 0 radical (unpaired) electrons. The Balaban J connectivity index is 2.51. The summed E-state index contributed by atoms with van der Waals surface area (Å²) in [4.78, 5) is 10.5. The summed E-state index contributed by atoms with van der Waals surface area (Å²) in [5.41, 5.74) is 3.10. The summed E-state index contributed by atoms with van der Waals surface area (Å²) in [5.74, 6) is -0.370. The lowest BCUT2D eigenvalue weighted by atomic mass is 10.1. The number of rotatable bonds is 2. The van der Waals surface area contributed by atoms with Crippen molar-refractivity contribution in [1.82, 2.24) is 0 Å². The summed E-state index contributed by atoms with van der Waals surface area (Å²) in [7, 11) is 0. The molecule has 0 bridgehead atoms. The maximum absolute atomic E-state index is 10.5. The largest absolute Gasteiger partial charge is 0.481 e. The van der Waals surface area contributed by atoms with E-state index in [1.165, 1.54) is 5.56 Å². The summed E-state index contributed by atoms with van der Waals surface area (Å²) in [6, 6.07) is 5.74. The highest BCUT2D eigenvalue weighted by Crippen LogP contribution is 2.23. The van der Waals surface area contributed by atoms with E-state index in [2.05, 4.69) is 0 Å². The third-order valence-electron chi connectivity index (χ3n) is 2.51. The van der Waals surface area contributed by atoms with Gasteiger partial charge in [0.05, 0.1) is 0 Å². The number of hydrogen-bond acceptors (Lipinski definition) is 2. The molecule has 0 spiro atoms. The second-order valence-corrected chi connectivity index (χ2v) is 3.76. The fourth-order valence-corrected chi connectivity index (χ4v) is 1.59. The molecule has 0 amide bonds. The number of carboxylic acids is 1. The van der Waals surface area contributed by atoms with Crippen LogP contribution in [-0.4, -0.2) is 11.1 Å². The van der Waals surface area contributed by atoms with Gasteiger partial charge in [-0.05, 0) is 43.2 Å². The number of aliphatic carboxylic acids is 1. The first-order chi connectivity index (χ1) is 7.06.